The summed E-state index contributed by atoms with van der Waals surface area (Å²) in [6, 6.07) is 9.51. The van der Waals surface area contributed by atoms with E-state index in [1.807, 2.05) is 6.92 Å². The largest absolute Gasteiger partial charge is 0.496 e. The van der Waals surface area contributed by atoms with E-state index in [2.05, 4.69) is 12.2 Å². The van der Waals surface area contributed by atoms with Crippen molar-refractivity contribution in [3.63, 3.8) is 0 Å². The number of ether oxygens (including phenoxy) is 3. The van der Waals surface area contributed by atoms with E-state index in [0.29, 0.717) is 40.3 Å². The molecule has 2 aromatic rings. The SMILES string of the molecule is CCCCNC(=O)C(CC)N(Cc1ccc(Cl)c(Cl)c1)C(=O)COc1cc(OC)cc(OC)c1. The Morgan fingerprint density at radius 2 is 1.62 bits per heavy atom. The minimum atomic E-state index is -0.665. The number of carbonyl (C=O) groups excluding carboxylic acids is 2. The predicted molar refractivity (Wildman–Crippen MR) is 134 cm³/mol. The average Bonchev–Trinajstić information content (AvgIpc) is 2.84. The van der Waals surface area contributed by atoms with Crippen LogP contribution in [0.3, 0.4) is 0 Å². The van der Waals surface area contributed by atoms with Gasteiger partial charge < -0.3 is 24.4 Å². The molecule has 0 saturated heterocycles. The van der Waals surface area contributed by atoms with Crippen LogP contribution in [0.15, 0.2) is 36.4 Å². The normalized spacial score (nSPS) is 11.5. The molecule has 1 unspecified atom stereocenters. The van der Waals surface area contributed by atoms with Gasteiger partial charge in [0.15, 0.2) is 6.61 Å². The zero-order valence-electron chi connectivity index (χ0n) is 20.0. The number of nitrogens with one attached hydrogen (secondary N) is 1. The summed E-state index contributed by atoms with van der Waals surface area (Å²) in [6.45, 7) is 4.39. The van der Waals surface area contributed by atoms with Gasteiger partial charge >= 0.3 is 0 Å². The van der Waals surface area contributed by atoms with Gasteiger partial charge in [0.05, 0.1) is 24.3 Å². The minimum Gasteiger partial charge on any atom is -0.496 e. The third-order valence-electron chi connectivity index (χ3n) is 5.24. The summed E-state index contributed by atoms with van der Waals surface area (Å²) in [6.07, 6.45) is 2.27. The van der Waals surface area contributed by atoms with Crippen LogP contribution >= 0.6 is 23.2 Å². The Morgan fingerprint density at radius 3 is 2.18 bits per heavy atom. The molecule has 1 N–H and O–H groups in total. The van der Waals surface area contributed by atoms with Crippen molar-refractivity contribution in [2.75, 3.05) is 27.4 Å². The van der Waals surface area contributed by atoms with Gasteiger partial charge in [-0.2, -0.15) is 0 Å². The maximum Gasteiger partial charge on any atom is 0.261 e. The number of hydrogen-bond donors (Lipinski definition) is 1. The van der Waals surface area contributed by atoms with Crippen molar-refractivity contribution >= 4 is 35.0 Å². The summed E-state index contributed by atoms with van der Waals surface area (Å²) >= 11 is 12.2. The molecule has 9 heteroatoms. The second kappa shape index (κ2) is 13.9. The second-order valence-corrected chi connectivity index (χ2v) is 8.49. The summed E-state index contributed by atoms with van der Waals surface area (Å²) in [5.74, 6) is 0.949. The van der Waals surface area contributed by atoms with Crippen LogP contribution in [0.25, 0.3) is 0 Å². The molecular weight excluding hydrogens is 479 g/mol. The van der Waals surface area contributed by atoms with Gasteiger partial charge in [0.1, 0.15) is 23.3 Å². The van der Waals surface area contributed by atoms with Crippen molar-refractivity contribution in [1.82, 2.24) is 10.2 Å². The molecule has 2 rings (SSSR count). The van der Waals surface area contributed by atoms with Crippen LogP contribution in [-0.2, 0) is 16.1 Å². The molecule has 0 bridgehead atoms. The molecular formula is C25H32Cl2N2O5. The lowest BCUT2D eigenvalue weighted by molar-refractivity contribution is -0.143. The monoisotopic (exact) mass is 510 g/mol. The van der Waals surface area contributed by atoms with Gasteiger partial charge in [-0.05, 0) is 30.5 Å². The molecule has 34 heavy (non-hydrogen) atoms. The topological polar surface area (TPSA) is 77.1 Å². The van der Waals surface area contributed by atoms with Crippen LogP contribution in [0.2, 0.25) is 10.0 Å². The van der Waals surface area contributed by atoms with Crippen LogP contribution < -0.4 is 19.5 Å². The Balaban J connectivity index is 2.25. The zero-order valence-corrected chi connectivity index (χ0v) is 21.5. The molecule has 0 aliphatic rings. The highest BCUT2D eigenvalue weighted by Crippen LogP contribution is 2.28. The number of unbranched alkanes of at least 4 members (excludes halogenated alkanes) is 1. The maximum absolute atomic E-state index is 13.3. The van der Waals surface area contributed by atoms with Crippen LogP contribution in [0.5, 0.6) is 17.2 Å². The fraction of sp³-hybridized carbons (Fsp3) is 0.440. The number of hydrogen-bond acceptors (Lipinski definition) is 5. The Morgan fingerprint density at radius 1 is 0.971 bits per heavy atom. The summed E-state index contributed by atoms with van der Waals surface area (Å²) < 4.78 is 16.3. The third-order valence-corrected chi connectivity index (χ3v) is 5.98. The van der Waals surface area contributed by atoms with Crippen LogP contribution in [0, 0.1) is 0 Å². The lowest BCUT2D eigenvalue weighted by Crippen LogP contribution is -2.50. The van der Waals surface area contributed by atoms with Crippen molar-refractivity contribution in [2.24, 2.45) is 0 Å². The molecule has 0 aliphatic carbocycles. The van der Waals surface area contributed by atoms with Crippen molar-refractivity contribution in [2.45, 2.75) is 45.7 Å². The third kappa shape index (κ3) is 7.99. The summed E-state index contributed by atoms with van der Waals surface area (Å²) in [7, 11) is 3.07. The van der Waals surface area contributed by atoms with E-state index in [-0.39, 0.29) is 25.0 Å². The first-order chi connectivity index (χ1) is 16.3. The molecule has 1 atom stereocenters. The molecule has 0 fully saturated rings. The number of amides is 2. The van der Waals surface area contributed by atoms with Gasteiger partial charge in [0.2, 0.25) is 5.91 Å². The van der Waals surface area contributed by atoms with E-state index in [0.717, 1.165) is 18.4 Å². The fourth-order valence-electron chi connectivity index (χ4n) is 3.35. The lowest BCUT2D eigenvalue weighted by atomic mass is 10.1. The molecule has 2 amide bonds. The first kappa shape index (κ1) is 27.6. The molecule has 0 aliphatic heterocycles. The Kier molecular flexibility index (Phi) is 11.3. The van der Waals surface area contributed by atoms with Gasteiger partial charge in [-0.1, -0.05) is 49.5 Å². The molecule has 0 spiro atoms. The number of rotatable bonds is 13. The average molecular weight is 511 g/mol. The Labute approximate surface area is 211 Å². The van der Waals surface area contributed by atoms with Crippen LogP contribution in [0.1, 0.15) is 38.7 Å². The highest BCUT2D eigenvalue weighted by molar-refractivity contribution is 6.42. The molecule has 7 nitrogen and oxygen atoms in total. The lowest BCUT2D eigenvalue weighted by Gasteiger charge is -2.30. The number of benzene rings is 2. The molecule has 0 radical (unpaired) electrons. The molecule has 0 saturated carbocycles. The van der Waals surface area contributed by atoms with Gasteiger partial charge in [-0.3, -0.25) is 9.59 Å². The number of carbonyl (C=O) groups is 2. The predicted octanol–water partition coefficient (Wildman–Crippen LogP) is 5.11. The van der Waals surface area contributed by atoms with Gasteiger partial charge in [0.25, 0.3) is 5.91 Å². The fourth-order valence-corrected chi connectivity index (χ4v) is 3.67. The minimum absolute atomic E-state index is 0.181. The van der Waals surface area contributed by atoms with E-state index in [1.54, 1.807) is 36.4 Å². The number of nitrogens with zero attached hydrogens (tertiary/aromatic N) is 1. The quantitative estimate of drug-likeness (QED) is 0.378. The number of halogens is 2. The summed E-state index contributed by atoms with van der Waals surface area (Å²) in [5.41, 5.74) is 0.755. The Hall–Kier alpha value is -2.64. The van der Waals surface area contributed by atoms with Crippen molar-refractivity contribution in [1.29, 1.82) is 0 Å². The molecule has 0 aromatic heterocycles. The number of methoxy groups -OCH3 is 2. The Bertz CT molecular complexity index is 948. The molecule has 2 aromatic carbocycles. The summed E-state index contributed by atoms with van der Waals surface area (Å²) in [5, 5.41) is 3.73. The van der Waals surface area contributed by atoms with Gasteiger partial charge in [0, 0.05) is 31.3 Å². The zero-order chi connectivity index (χ0) is 25.1. The van der Waals surface area contributed by atoms with E-state index < -0.39 is 6.04 Å². The van der Waals surface area contributed by atoms with Gasteiger partial charge in [-0.25, -0.2) is 0 Å². The van der Waals surface area contributed by atoms with Crippen molar-refractivity contribution in [3.8, 4) is 17.2 Å². The van der Waals surface area contributed by atoms with Gasteiger partial charge in [-0.15, -0.1) is 0 Å². The van der Waals surface area contributed by atoms with E-state index in [1.165, 1.54) is 19.1 Å². The first-order valence-electron chi connectivity index (χ1n) is 11.2. The second-order valence-electron chi connectivity index (χ2n) is 7.68. The summed E-state index contributed by atoms with van der Waals surface area (Å²) in [4.78, 5) is 27.7. The van der Waals surface area contributed by atoms with E-state index >= 15 is 0 Å². The van der Waals surface area contributed by atoms with Crippen LogP contribution in [-0.4, -0.2) is 50.1 Å². The highest BCUT2D eigenvalue weighted by Gasteiger charge is 2.29. The smallest absolute Gasteiger partial charge is 0.261 e. The standard InChI is InChI=1S/C25H32Cl2N2O5/c1-5-7-10-28-25(31)23(6-2)29(15-17-8-9-21(26)22(27)11-17)24(30)16-34-20-13-18(32-3)12-19(14-20)33-4/h8-9,11-14,23H,5-7,10,15-16H2,1-4H3,(H,28,31). The highest BCUT2D eigenvalue weighted by atomic mass is 35.5. The molecule has 186 valence electrons. The molecule has 0 heterocycles. The van der Waals surface area contributed by atoms with Crippen molar-refractivity contribution in [3.05, 3.63) is 52.0 Å². The van der Waals surface area contributed by atoms with Crippen molar-refractivity contribution < 1.29 is 23.8 Å². The maximum atomic E-state index is 13.3. The first-order valence-corrected chi connectivity index (χ1v) is 11.9. The van der Waals surface area contributed by atoms with E-state index in [9.17, 15) is 9.59 Å². The van der Waals surface area contributed by atoms with E-state index in [4.69, 9.17) is 37.4 Å². The van der Waals surface area contributed by atoms with Crippen LogP contribution in [0.4, 0.5) is 0 Å².